The minimum atomic E-state index is -0.789. The molecule has 1 aromatic rings. The van der Waals surface area contributed by atoms with E-state index in [0.717, 1.165) is 68.1 Å². The predicted octanol–water partition coefficient (Wildman–Crippen LogP) is 5.13. The summed E-state index contributed by atoms with van der Waals surface area (Å²) in [5, 5.41) is 21.4. The van der Waals surface area contributed by atoms with Crippen LogP contribution in [0.25, 0.3) is 5.57 Å². The Balaban J connectivity index is 0.000000689. The molecule has 188 valence electrons. The highest BCUT2D eigenvalue weighted by molar-refractivity contribution is 5.84. The summed E-state index contributed by atoms with van der Waals surface area (Å²) < 4.78 is 0. The second kappa shape index (κ2) is 12.5. The van der Waals surface area contributed by atoms with Gasteiger partial charge in [-0.2, -0.15) is 0 Å². The maximum atomic E-state index is 11.6. The Kier molecular flexibility index (Phi) is 11.0. The zero-order valence-corrected chi connectivity index (χ0v) is 22.4. The molecule has 6 heteroatoms. The van der Waals surface area contributed by atoms with Gasteiger partial charge in [0.15, 0.2) is 0 Å². The van der Waals surface area contributed by atoms with Crippen LogP contribution in [0.1, 0.15) is 90.2 Å². The van der Waals surface area contributed by atoms with Crippen LogP contribution in [0, 0.1) is 19.3 Å². The minimum absolute atomic E-state index is 0.0346. The van der Waals surface area contributed by atoms with Gasteiger partial charge in [-0.05, 0) is 71.4 Å². The van der Waals surface area contributed by atoms with E-state index >= 15 is 0 Å². The number of anilines is 1. The zero-order chi connectivity index (χ0) is 25.4. The molecule has 0 spiro atoms. The number of carbonyl (C=O) groups is 1. The first-order chi connectivity index (χ1) is 15.3. The molecule has 0 radical (unpaired) electrons. The maximum absolute atomic E-state index is 11.6. The summed E-state index contributed by atoms with van der Waals surface area (Å²) in [4.78, 5) is 18.7. The molecule has 0 atom stereocenters. The molecular formula is C27H47N3O3. The van der Waals surface area contributed by atoms with Crippen molar-refractivity contribution in [3.63, 3.8) is 0 Å². The third-order valence-corrected chi connectivity index (χ3v) is 5.80. The Morgan fingerprint density at radius 2 is 1.70 bits per heavy atom. The van der Waals surface area contributed by atoms with Crippen LogP contribution in [0.4, 0.5) is 5.69 Å². The van der Waals surface area contributed by atoms with Crippen LogP contribution >= 0.6 is 0 Å². The summed E-state index contributed by atoms with van der Waals surface area (Å²) in [6.07, 6.45) is 5.49. The molecule has 0 aliphatic carbocycles. The summed E-state index contributed by atoms with van der Waals surface area (Å²) >= 11 is 0. The molecule has 0 bridgehead atoms. The number of hydrogen-bond acceptors (Lipinski definition) is 5. The minimum Gasteiger partial charge on any atom is -0.481 e. The van der Waals surface area contributed by atoms with Crippen LogP contribution in [-0.4, -0.2) is 52.9 Å². The maximum Gasteiger partial charge on any atom is 0.307 e. The van der Waals surface area contributed by atoms with Gasteiger partial charge in [0.2, 0.25) is 0 Å². The monoisotopic (exact) mass is 461 g/mol. The Hall–Kier alpha value is -1.92. The number of rotatable bonds is 4. The second-order valence-electron chi connectivity index (χ2n) is 10.6. The summed E-state index contributed by atoms with van der Waals surface area (Å²) in [5.41, 5.74) is 6.22. The molecule has 6 nitrogen and oxygen atoms in total. The average molecular weight is 462 g/mol. The van der Waals surface area contributed by atoms with Gasteiger partial charge in [-0.3, -0.25) is 9.78 Å². The van der Waals surface area contributed by atoms with Crippen LogP contribution < -0.4 is 10.2 Å². The number of aliphatic carboxylic acids is 1. The molecule has 1 aromatic heterocycles. The topological polar surface area (TPSA) is 85.7 Å². The molecule has 3 heterocycles. The quantitative estimate of drug-likeness (QED) is 0.576. The van der Waals surface area contributed by atoms with Crippen LogP contribution in [0.2, 0.25) is 0 Å². The molecule has 0 saturated carbocycles. The fraction of sp³-hybridized carbons (Fsp3) is 0.704. The molecule has 1 fully saturated rings. The molecular weight excluding hydrogens is 414 g/mol. The van der Waals surface area contributed by atoms with E-state index in [1.165, 1.54) is 11.1 Å². The lowest BCUT2D eigenvalue weighted by Crippen LogP contribution is -2.39. The van der Waals surface area contributed by atoms with Crippen molar-refractivity contribution in [2.75, 3.05) is 31.1 Å². The van der Waals surface area contributed by atoms with E-state index in [9.17, 15) is 9.90 Å². The smallest absolute Gasteiger partial charge is 0.307 e. The molecule has 3 rings (SSSR count). The lowest BCUT2D eigenvalue weighted by molar-refractivity contribution is -0.136. The van der Waals surface area contributed by atoms with Crippen molar-refractivity contribution in [3.8, 4) is 0 Å². The number of aromatic nitrogens is 1. The highest BCUT2D eigenvalue weighted by atomic mass is 16.4. The fourth-order valence-electron chi connectivity index (χ4n) is 4.15. The van der Waals surface area contributed by atoms with Crippen LogP contribution in [-0.2, 0) is 11.2 Å². The van der Waals surface area contributed by atoms with E-state index in [2.05, 4.69) is 37.1 Å². The number of pyridine rings is 1. The van der Waals surface area contributed by atoms with E-state index in [0.29, 0.717) is 5.41 Å². The first kappa shape index (κ1) is 29.1. The Morgan fingerprint density at radius 1 is 1.15 bits per heavy atom. The third kappa shape index (κ3) is 9.46. The molecule has 0 amide bonds. The normalized spacial score (nSPS) is 17.8. The van der Waals surface area contributed by atoms with E-state index < -0.39 is 11.6 Å². The molecule has 0 aromatic carbocycles. The number of aliphatic hydroxyl groups is 1. The van der Waals surface area contributed by atoms with Crippen LogP contribution in [0.5, 0.6) is 0 Å². The Morgan fingerprint density at radius 3 is 2.15 bits per heavy atom. The van der Waals surface area contributed by atoms with Gasteiger partial charge in [-0.15, -0.1) is 0 Å². The van der Waals surface area contributed by atoms with Gasteiger partial charge in [0, 0.05) is 42.1 Å². The van der Waals surface area contributed by atoms with Gasteiger partial charge in [0.25, 0.3) is 0 Å². The molecule has 3 N–H and O–H groups in total. The van der Waals surface area contributed by atoms with Crippen LogP contribution in [0.15, 0.2) is 6.08 Å². The molecule has 2 aliphatic rings. The SMILES string of the molecule is CC.CC(C)(C)O.Cc1nc(C)c(C2=CCNCC2)c(N2CCC(C)(C)CC2)c1CC(=O)O. The summed E-state index contributed by atoms with van der Waals surface area (Å²) in [5.74, 6) is -0.789. The van der Waals surface area contributed by atoms with E-state index in [-0.39, 0.29) is 6.42 Å². The molecule has 1 saturated heterocycles. The van der Waals surface area contributed by atoms with Gasteiger partial charge in [-0.1, -0.05) is 33.8 Å². The number of carboxylic acids is 1. The first-order valence-corrected chi connectivity index (χ1v) is 12.4. The first-order valence-electron chi connectivity index (χ1n) is 12.4. The van der Waals surface area contributed by atoms with Gasteiger partial charge in [0.1, 0.15) is 0 Å². The summed E-state index contributed by atoms with van der Waals surface area (Å²) in [7, 11) is 0. The lowest BCUT2D eigenvalue weighted by atomic mass is 9.81. The molecule has 2 aliphatic heterocycles. The highest BCUT2D eigenvalue weighted by Crippen LogP contribution is 2.40. The Bertz CT molecular complexity index is 807. The van der Waals surface area contributed by atoms with Gasteiger partial charge in [0.05, 0.1) is 17.7 Å². The molecule has 33 heavy (non-hydrogen) atoms. The third-order valence-electron chi connectivity index (χ3n) is 5.80. The van der Waals surface area contributed by atoms with E-state index in [4.69, 9.17) is 10.1 Å². The van der Waals surface area contributed by atoms with Crippen molar-refractivity contribution in [2.45, 2.75) is 93.6 Å². The number of aryl methyl sites for hydroxylation is 2. The zero-order valence-electron chi connectivity index (χ0n) is 22.4. The van der Waals surface area contributed by atoms with Crippen molar-refractivity contribution in [3.05, 3.63) is 28.6 Å². The number of carboxylic acid groups (broad SMARTS) is 1. The van der Waals surface area contributed by atoms with E-state index in [1.807, 2.05) is 20.8 Å². The van der Waals surface area contributed by atoms with Crippen molar-refractivity contribution in [1.82, 2.24) is 10.3 Å². The summed E-state index contributed by atoms with van der Waals surface area (Å²) in [6.45, 7) is 21.7. The number of piperidine rings is 1. The van der Waals surface area contributed by atoms with Crippen molar-refractivity contribution in [2.24, 2.45) is 5.41 Å². The number of nitrogens with zero attached hydrogens (tertiary/aromatic N) is 2. The number of hydrogen-bond donors (Lipinski definition) is 3. The summed E-state index contributed by atoms with van der Waals surface area (Å²) in [6, 6.07) is 0. The van der Waals surface area contributed by atoms with Gasteiger partial charge >= 0.3 is 5.97 Å². The highest BCUT2D eigenvalue weighted by Gasteiger charge is 2.30. The van der Waals surface area contributed by atoms with Crippen molar-refractivity contribution >= 4 is 17.2 Å². The largest absolute Gasteiger partial charge is 0.481 e. The average Bonchev–Trinajstić information content (AvgIpc) is 2.71. The predicted molar refractivity (Wildman–Crippen MR) is 139 cm³/mol. The molecule has 0 unspecified atom stereocenters. The fourth-order valence-corrected chi connectivity index (χ4v) is 4.15. The van der Waals surface area contributed by atoms with Gasteiger partial charge < -0.3 is 20.4 Å². The lowest BCUT2D eigenvalue weighted by Gasteiger charge is -2.40. The van der Waals surface area contributed by atoms with Crippen LogP contribution in [0.3, 0.4) is 0 Å². The standard InChI is InChI=1S/C21H31N3O2.C4H10O.C2H6/c1-14-17(13-18(25)26)20(24-11-7-21(3,4)8-12-24)19(15(2)23-14)16-5-9-22-10-6-16;1-4(2,3)5;1-2/h5,22H,6-13H2,1-4H3,(H,25,26);5H,1-3H3;1-2H3. The number of nitrogens with one attached hydrogen (secondary N) is 1. The van der Waals surface area contributed by atoms with Gasteiger partial charge in [-0.25, -0.2) is 0 Å². The Labute approximate surface area is 201 Å². The second-order valence-corrected chi connectivity index (χ2v) is 10.6. The van der Waals surface area contributed by atoms with E-state index in [1.54, 1.807) is 20.8 Å². The van der Waals surface area contributed by atoms with Crippen molar-refractivity contribution in [1.29, 1.82) is 0 Å². The van der Waals surface area contributed by atoms with Crippen molar-refractivity contribution < 1.29 is 15.0 Å².